The van der Waals surface area contributed by atoms with Gasteiger partial charge in [0.05, 0.1) is 16.0 Å². The molecule has 1 aliphatic carbocycles. The summed E-state index contributed by atoms with van der Waals surface area (Å²) in [6.07, 6.45) is 1.32. The molecule has 0 spiro atoms. The zero-order valence-electron chi connectivity index (χ0n) is 8.00. The quantitative estimate of drug-likeness (QED) is 0.926. The fourth-order valence-corrected chi connectivity index (χ4v) is 3.76. The molecule has 1 saturated carbocycles. The number of rotatable bonds is 3. The predicted molar refractivity (Wildman–Crippen MR) is 64.7 cm³/mol. The highest BCUT2D eigenvalue weighted by Crippen LogP contribution is 2.36. The van der Waals surface area contributed by atoms with E-state index in [2.05, 4.69) is 20.7 Å². The summed E-state index contributed by atoms with van der Waals surface area (Å²) in [5.74, 6) is -0.522. The molecule has 1 aliphatic rings. The molecule has 1 fully saturated rings. The van der Waals surface area contributed by atoms with E-state index in [9.17, 15) is 12.8 Å². The maximum absolute atomic E-state index is 12.9. The van der Waals surface area contributed by atoms with Crippen molar-refractivity contribution in [3.63, 3.8) is 0 Å². The lowest BCUT2D eigenvalue weighted by Crippen LogP contribution is -2.18. The monoisotopic (exact) mass is 327 g/mol. The van der Waals surface area contributed by atoms with Crippen molar-refractivity contribution in [1.29, 1.82) is 0 Å². The van der Waals surface area contributed by atoms with Crippen LogP contribution in [0.15, 0.2) is 16.6 Å². The smallest absolute Gasteiger partial charge is 0.235 e. The lowest BCUT2D eigenvalue weighted by atomic mass is 10.3. The van der Waals surface area contributed by atoms with Crippen molar-refractivity contribution in [2.45, 2.75) is 18.1 Å². The zero-order chi connectivity index (χ0) is 11.9. The number of sulfonamides is 1. The Bertz CT molecular complexity index is 507. The molecule has 1 N–H and O–H groups in total. The minimum absolute atomic E-state index is 0.0381. The van der Waals surface area contributed by atoms with Crippen molar-refractivity contribution in [2.75, 3.05) is 4.72 Å². The minimum Gasteiger partial charge on any atom is -0.281 e. The van der Waals surface area contributed by atoms with Crippen LogP contribution < -0.4 is 4.72 Å². The Morgan fingerprint density at radius 2 is 2.06 bits per heavy atom. The Balaban J connectivity index is 2.34. The average molecular weight is 329 g/mol. The third-order valence-corrected chi connectivity index (χ3v) is 4.98. The molecular formula is C9H8BrClFNO2S. The average Bonchev–Trinajstić information content (AvgIpc) is 2.94. The zero-order valence-corrected chi connectivity index (χ0v) is 11.2. The van der Waals surface area contributed by atoms with Gasteiger partial charge in [-0.1, -0.05) is 11.6 Å². The van der Waals surface area contributed by atoms with Crippen LogP contribution in [-0.2, 0) is 10.0 Å². The lowest BCUT2D eigenvalue weighted by molar-refractivity contribution is 0.599. The van der Waals surface area contributed by atoms with Crippen molar-refractivity contribution in [3.05, 3.63) is 27.4 Å². The molecule has 88 valence electrons. The van der Waals surface area contributed by atoms with E-state index in [-0.39, 0.29) is 16.0 Å². The number of halogens is 3. The predicted octanol–water partition coefficient (Wildman–Crippen LogP) is 3.15. The second-order valence-corrected chi connectivity index (χ2v) is 6.81. The third-order valence-electron chi connectivity index (χ3n) is 2.21. The SMILES string of the molecule is O=S(=O)(Nc1c(Cl)cc(F)cc1Br)C1CC1. The van der Waals surface area contributed by atoms with Gasteiger partial charge in [0, 0.05) is 4.47 Å². The van der Waals surface area contributed by atoms with E-state index in [0.29, 0.717) is 17.3 Å². The topological polar surface area (TPSA) is 46.2 Å². The Kier molecular flexibility index (Phi) is 3.16. The van der Waals surface area contributed by atoms with E-state index in [1.807, 2.05) is 0 Å². The summed E-state index contributed by atoms with van der Waals surface area (Å²) >= 11 is 8.84. The largest absolute Gasteiger partial charge is 0.281 e. The maximum atomic E-state index is 12.9. The molecule has 0 saturated heterocycles. The Hall–Kier alpha value is -0.330. The first-order valence-corrected chi connectivity index (χ1v) is 7.28. The van der Waals surface area contributed by atoms with Crippen LogP contribution in [0.3, 0.4) is 0 Å². The summed E-state index contributed by atoms with van der Waals surface area (Å²) in [6.45, 7) is 0. The molecule has 1 aromatic rings. The molecule has 0 bridgehead atoms. The van der Waals surface area contributed by atoms with E-state index in [1.54, 1.807) is 0 Å². The molecular weight excluding hydrogens is 321 g/mol. The van der Waals surface area contributed by atoms with E-state index < -0.39 is 15.8 Å². The van der Waals surface area contributed by atoms with Gasteiger partial charge in [-0.2, -0.15) is 0 Å². The van der Waals surface area contributed by atoms with Gasteiger partial charge in [0.15, 0.2) is 0 Å². The van der Waals surface area contributed by atoms with Gasteiger partial charge in [-0.25, -0.2) is 12.8 Å². The molecule has 0 atom stereocenters. The van der Waals surface area contributed by atoms with Crippen molar-refractivity contribution in [3.8, 4) is 0 Å². The van der Waals surface area contributed by atoms with Crippen molar-refractivity contribution in [2.24, 2.45) is 0 Å². The first kappa shape index (κ1) is 12.1. The van der Waals surface area contributed by atoms with Crippen LogP contribution in [0, 0.1) is 5.82 Å². The van der Waals surface area contributed by atoms with Crippen molar-refractivity contribution < 1.29 is 12.8 Å². The standard InChI is InChI=1S/C9H8BrClFNO2S/c10-7-3-5(12)4-8(11)9(7)13-16(14,15)6-1-2-6/h3-4,6,13H,1-2H2. The van der Waals surface area contributed by atoms with Crippen LogP contribution in [0.25, 0.3) is 0 Å². The summed E-state index contributed by atoms with van der Waals surface area (Å²) in [4.78, 5) is 0. The molecule has 7 heteroatoms. The molecule has 0 radical (unpaired) electrons. The Morgan fingerprint density at radius 3 is 2.56 bits per heavy atom. The molecule has 0 aliphatic heterocycles. The normalized spacial score (nSPS) is 16.2. The second-order valence-electron chi connectivity index (χ2n) is 3.59. The highest BCUT2D eigenvalue weighted by molar-refractivity contribution is 9.10. The summed E-state index contributed by atoms with van der Waals surface area (Å²) in [6, 6.07) is 2.23. The summed E-state index contributed by atoms with van der Waals surface area (Å²) in [7, 11) is -3.38. The van der Waals surface area contributed by atoms with Gasteiger partial charge in [-0.15, -0.1) is 0 Å². The van der Waals surface area contributed by atoms with Gasteiger partial charge in [-0.3, -0.25) is 4.72 Å². The molecule has 3 nitrogen and oxygen atoms in total. The van der Waals surface area contributed by atoms with Gasteiger partial charge >= 0.3 is 0 Å². The first-order chi connectivity index (χ1) is 7.40. The number of hydrogen-bond acceptors (Lipinski definition) is 2. The lowest BCUT2D eigenvalue weighted by Gasteiger charge is -2.10. The highest BCUT2D eigenvalue weighted by Gasteiger charge is 2.36. The number of anilines is 1. The number of nitrogens with one attached hydrogen (secondary N) is 1. The molecule has 0 amide bonds. The van der Waals surface area contributed by atoms with E-state index in [0.717, 1.165) is 12.1 Å². The fraction of sp³-hybridized carbons (Fsp3) is 0.333. The van der Waals surface area contributed by atoms with Crippen LogP contribution in [-0.4, -0.2) is 13.7 Å². The van der Waals surface area contributed by atoms with E-state index in [1.165, 1.54) is 0 Å². The van der Waals surface area contributed by atoms with E-state index >= 15 is 0 Å². The summed E-state index contributed by atoms with van der Waals surface area (Å²) in [5.41, 5.74) is 0.190. The summed E-state index contributed by atoms with van der Waals surface area (Å²) < 4.78 is 38.9. The van der Waals surface area contributed by atoms with Crippen LogP contribution in [0.4, 0.5) is 10.1 Å². The van der Waals surface area contributed by atoms with Gasteiger partial charge in [-0.05, 0) is 40.9 Å². The minimum atomic E-state index is -3.38. The molecule has 16 heavy (non-hydrogen) atoms. The van der Waals surface area contributed by atoms with Gasteiger partial charge in [0.1, 0.15) is 5.82 Å². The highest BCUT2D eigenvalue weighted by atomic mass is 79.9. The Labute approximate surface area is 106 Å². The number of hydrogen-bond donors (Lipinski definition) is 1. The summed E-state index contributed by atoms with van der Waals surface area (Å²) in [5, 5.41) is -0.309. The van der Waals surface area contributed by atoms with Crippen LogP contribution >= 0.6 is 27.5 Å². The second kappa shape index (κ2) is 4.16. The molecule has 1 aromatic carbocycles. The maximum Gasteiger partial charge on any atom is 0.235 e. The van der Waals surface area contributed by atoms with Gasteiger partial charge in [0.25, 0.3) is 0 Å². The first-order valence-electron chi connectivity index (χ1n) is 4.56. The van der Waals surface area contributed by atoms with Crippen molar-refractivity contribution in [1.82, 2.24) is 0 Å². The third kappa shape index (κ3) is 2.49. The molecule has 0 heterocycles. The van der Waals surface area contributed by atoms with E-state index in [4.69, 9.17) is 11.6 Å². The molecule has 0 unspecified atom stereocenters. The Morgan fingerprint density at radius 1 is 1.44 bits per heavy atom. The van der Waals surface area contributed by atoms with Crippen LogP contribution in [0.1, 0.15) is 12.8 Å². The fourth-order valence-electron chi connectivity index (χ4n) is 1.24. The van der Waals surface area contributed by atoms with Crippen molar-refractivity contribution >= 4 is 43.2 Å². The van der Waals surface area contributed by atoms with Crippen LogP contribution in [0.2, 0.25) is 5.02 Å². The van der Waals surface area contributed by atoms with Gasteiger partial charge in [0.2, 0.25) is 10.0 Å². The van der Waals surface area contributed by atoms with Crippen LogP contribution in [0.5, 0.6) is 0 Å². The molecule has 0 aromatic heterocycles. The van der Waals surface area contributed by atoms with Gasteiger partial charge < -0.3 is 0 Å². The molecule has 2 rings (SSSR count). The number of benzene rings is 1.